The fourth-order valence-corrected chi connectivity index (χ4v) is 3.96. The van der Waals surface area contributed by atoms with Crippen LogP contribution in [0, 0.1) is 0 Å². The molecule has 1 fully saturated rings. The number of hydrogen-bond acceptors (Lipinski definition) is 3. The molecule has 0 bridgehead atoms. The maximum absolute atomic E-state index is 13.0. The fraction of sp³-hybridized carbons (Fsp3) is 0.364. The number of nitrogens with one attached hydrogen (secondary N) is 1. The molecule has 0 radical (unpaired) electrons. The molecule has 2 aromatic rings. The van der Waals surface area contributed by atoms with Crippen LogP contribution < -0.4 is 5.32 Å². The summed E-state index contributed by atoms with van der Waals surface area (Å²) in [4.78, 5) is 28.9. The third-order valence-corrected chi connectivity index (χ3v) is 5.41. The number of fused-ring (bicyclic) bond motifs is 1. The van der Waals surface area contributed by atoms with Gasteiger partial charge in [-0.15, -0.1) is 0 Å². The molecule has 146 valence electrons. The summed E-state index contributed by atoms with van der Waals surface area (Å²) in [6.45, 7) is 2.90. The van der Waals surface area contributed by atoms with Gasteiger partial charge < -0.3 is 19.9 Å². The molecule has 0 spiro atoms. The van der Waals surface area contributed by atoms with E-state index in [-0.39, 0.29) is 24.5 Å². The second-order valence-corrected chi connectivity index (χ2v) is 7.11. The van der Waals surface area contributed by atoms with E-state index in [0.29, 0.717) is 32.8 Å². The van der Waals surface area contributed by atoms with Crippen LogP contribution in [0.25, 0.3) is 0 Å². The number of hydrogen-bond donors (Lipinski definition) is 1. The van der Waals surface area contributed by atoms with Gasteiger partial charge in [-0.3, -0.25) is 4.79 Å². The van der Waals surface area contributed by atoms with Crippen molar-refractivity contribution in [1.29, 1.82) is 0 Å². The maximum Gasteiger partial charge on any atom is 0.318 e. The van der Waals surface area contributed by atoms with E-state index >= 15 is 0 Å². The predicted molar refractivity (Wildman–Crippen MR) is 106 cm³/mol. The largest absolute Gasteiger partial charge is 0.378 e. The lowest BCUT2D eigenvalue weighted by atomic mass is 9.88. The number of carbonyl (C=O) groups is 2. The average molecular weight is 379 g/mol. The number of rotatable bonds is 3. The molecular weight excluding hydrogens is 354 g/mol. The minimum absolute atomic E-state index is 0.0124. The minimum atomic E-state index is -0.204. The first kappa shape index (κ1) is 18.5. The molecule has 0 aliphatic carbocycles. The molecule has 1 N–H and O–H groups in total. The Kier molecular flexibility index (Phi) is 5.58. The van der Waals surface area contributed by atoms with E-state index < -0.39 is 0 Å². The van der Waals surface area contributed by atoms with Crippen molar-refractivity contribution >= 4 is 11.9 Å². The highest BCUT2D eigenvalue weighted by molar-refractivity contribution is 5.84. The van der Waals surface area contributed by atoms with Crippen LogP contribution >= 0.6 is 0 Å². The smallest absolute Gasteiger partial charge is 0.318 e. The molecule has 4 rings (SSSR count). The lowest BCUT2D eigenvalue weighted by molar-refractivity contribution is -0.134. The van der Waals surface area contributed by atoms with Gasteiger partial charge in [-0.05, 0) is 23.1 Å². The van der Waals surface area contributed by atoms with Gasteiger partial charge in [-0.1, -0.05) is 54.6 Å². The van der Waals surface area contributed by atoms with Gasteiger partial charge in [0, 0.05) is 19.6 Å². The van der Waals surface area contributed by atoms with Crippen molar-refractivity contribution in [3.63, 3.8) is 0 Å². The first-order valence-corrected chi connectivity index (χ1v) is 9.77. The summed E-state index contributed by atoms with van der Waals surface area (Å²) in [5.41, 5.74) is 3.49. The summed E-state index contributed by atoms with van der Waals surface area (Å²) in [6, 6.07) is 18.0. The van der Waals surface area contributed by atoms with Gasteiger partial charge in [-0.2, -0.15) is 0 Å². The zero-order valence-corrected chi connectivity index (χ0v) is 15.8. The van der Waals surface area contributed by atoms with E-state index in [4.69, 9.17) is 4.74 Å². The zero-order chi connectivity index (χ0) is 19.3. The van der Waals surface area contributed by atoms with Gasteiger partial charge in [0.1, 0.15) is 0 Å². The standard InChI is InChI=1S/C22H25N3O3/c26-20(24-12-14-28-15-13-24)16-23-22(27)25-11-10-17-6-4-5-9-19(17)21(25)18-7-2-1-3-8-18/h1-9,21H,10-16H2,(H,23,27)/t21-/m1/s1. The summed E-state index contributed by atoms with van der Waals surface area (Å²) < 4.78 is 5.28. The van der Waals surface area contributed by atoms with Crippen molar-refractivity contribution in [3.05, 3.63) is 71.3 Å². The quantitative estimate of drug-likeness (QED) is 0.889. The summed E-state index contributed by atoms with van der Waals surface area (Å²) in [5, 5.41) is 2.83. The number of benzene rings is 2. The van der Waals surface area contributed by atoms with E-state index in [9.17, 15) is 9.59 Å². The molecule has 0 aromatic heterocycles. The van der Waals surface area contributed by atoms with Gasteiger partial charge in [0.25, 0.3) is 0 Å². The van der Waals surface area contributed by atoms with Crippen LogP contribution in [-0.2, 0) is 16.0 Å². The van der Waals surface area contributed by atoms with Crippen LogP contribution in [0.3, 0.4) is 0 Å². The molecular formula is C22H25N3O3. The summed E-state index contributed by atoms with van der Waals surface area (Å²) >= 11 is 0. The number of morpholine rings is 1. The van der Waals surface area contributed by atoms with E-state index in [1.165, 1.54) is 5.56 Å². The molecule has 0 saturated carbocycles. The molecule has 6 heteroatoms. The second-order valence-electron chi connectivity index (χ2n) is 7.11. The first-order valence-electron chi connectivity index (χ1n) is 9.77. The highest BCUT2D eigenvalue weighted by Crippen LogP contribution is 2.34. The van der Waals surface area contributed by atoms with Crippen LogP contribution in [0.4, 0.5) is 4.79 Å². The number of ether oxygens (including phenoxy) is 1. The Labute approximate surface area is 165 Å². The van der Waals surface area contributed by atoms with Crippen LogP contribution in [0.2, 0.25) is 0 Å². The van der Waals surface area contributed by atoms with Crippen LogP contribution in [0.15, 0.2) is 54.6 Å². The van der Waals surface area contributed by atoms with Crippen molar-refractivity contribution in [1.82, 2.24) is 15.1 Å². The zero-order valence-electron chi connectivity index (χ0n) is 15.8. The van der Waals surface area contributed by atoms with Crippen LogP contribution in [-0.4, -0.2) is 61.1 Å². The number of nitrogens with zero attached hydrogens (tertiary/aromatic N) is 2. The highest BCUT2D eigenvalue weighted by atomic mass is 16.5. The van der Waals surface area contributed by atoms with Crippen LogP contribution in [0.1, 0.15) is 22.7 Å². The first-order chi connectivity index (χ1) is 13.7. The molecule has 0 unspecified atom stereocenters. The summed E-state index contributed by atoms with van der Waals surface area (Å²) in [6.07, 6.45) is 0.810. The monoisotopic (exact) mass is 379 g/mol. The average Bonchev–Trinajstić information content (AvgIpc) is 2.77. The van der Waals surface area contributed by atoms with Crippen molar-refractivity contribution in [3.8, 4) is 0 Å². The van der Waals surface area contributed by atoms with Crippen molar-refractivity contribution in [2.75, 3.05) is 39.4 Å². The molecule has 6 nitrogen and oxygen atoms in total. The lowest BCUT2D eigenvalue weighted by Gasteiger charge is -2.38. The van der Waals surface area contributed by atoms with Crippen molar-refractivity contribution in [2.24, 2.45) is 0 Å². The molecule has 2 aliphatic heterocycles. The van der Waals surface area contributed by atoms with E-state index in [1.807, 2.05) is 47.4 Å². The van der Waals surface area contributed by atoms with E-state index in [1.54, 1.807) is 4.90 Å². The maximum atomic E-state index is 13.0. The lowest BCUT2D eigenvalue weighted by Crippen LogP contribution is -2.50. The molecule has 1 atom stereocenters. The van der Waals surface area contributed by atoms with Crippen molar-refractivity contribution in [2.45, 2.75) is 12.5 Å². The third kappa shape index (κ3) is 3.87. The normalized spacial score (nSPS) is 19.1. The van der Waals surface area contributed by atoms with E-state index in [0.717, 1.165) is 17.5 Å². The number of urea groups is 1. The SMILES string of the molecule is O=C(CNC(=O)N1CCc2ccccc2[C@H]1c1ccccc1)N1CCOCC1. The molecule has 2 heterocycles. The number of amides is 3. The molecule has 2 aromatic carbocycles. The van der Waals surface area contributed by atoms with Gasteiger partial charge >= 0.3 is 6.03 Å². The van der Waals surface area contributed by atoms with Gasteiger partial charge in [0.15, 0.2) is 0 Å². The highest BCUT2D eigenvalue weighted by Gasteiger charge is 2.32. The van der Waals surface area contributed by atoms with Crippen LogP contribution in [0.5, 0.6) is 0 Å². The minimum Gasteiger partial charge on any atom is -0.378 e. The van der Waals surface area contributed by atoms with Gasteiger partial charge in [0.2, 0.25) is 5.91 Å². The predicted octanol–water partition coefficient (Wildman–Crippen LogP) is 2.20. The van der Waals surface area contributed by atoms with Crippen molar-refractivity contribution < 1.29 is 14.3 Å². The van der Waals surface area contributed by atoms with E-state index in [2.05, 4.69) is 17.4 Å². The second kappa shape index (κ2) is 8.44. The Bertz CT molecular complexity index is 834. The molecule has 3 amide bonds. The van der Waals surface area contributed by atoms with Gasteiger partial charge in [0.05, 0.1) is 25.8 Å². The fourth-order valence-electron chi connectivity index (χ4n) is 3.96. The summed E-state index contributed by atoms with van der Waals surface area (Å²) in [7, 11) is 0. The molecule has 2 aliphatic rings. The Morgan fingerprint density at radius 1 is 0.964 bits per heavy atom. The summed E-state index contributed by atoms with van der Waals surface area (Å²) in [5.74, 6) is -0.0645. The Morgan fingerprint density at radius 2 is 1.68 bits per heavy atom. The Morgan fingerprint density at radius 3 is 2.46 bits per heavy atom. The number of carbonyl (C=O) groups excluding carboxylic acids is 2. The topological polar surface area (TPSA) is 61.9 Å². The third-order valence-electron chi connectivity index (χ3n) is 5.41. The Hall–Kier alpha value is -2.86. The van der Waals surface area contributed by atoms with Gasteiger partial charge in [-0.25, -0.2) is 4.79 Å². The molecule has 1 saturated heterocycles. The Balaban J connectivity index is 1.50. The molecule has 28 heavy (non-hydrogen) atoms.